The lowest BCUT2D eigenvalue weighted by Crippen LogP contribution is -2.28. The average Bonchev–Trinajstić information content (AvgIpc) is 3.06. The van der Waals surface area contributed by atoms with Gasteiger partial charge >= 0.3 is 0 Å². The van der Waals surface area contributed by atoms with Crippen molar-refractivity contribution in [1.82, 2.24) is 4.57 Å². The zero-order chi connectivity index (χ0) is 37.2. The lowest BCUT2D eigenvalue weighted by atomic mass is 9.84. The summed E-state index contributed by atoms with van der Waals surface area (Å²) < 4.78 is 49.4. The Morgan fingerprint density at radius 1 is 0.627 bits per heavy atom. The van der Waals surface area contributed by atoms with Gasteiger partial charge in [-0.1, -0.05) is 59.6 Å². The zero-order valence-electron chi connectivity index (χ0n) is 28.3. The number of aryl methyl sites for hydroxylation is 2. The molecule has 0 aliphatic carbocycles. The molecular weight excluding hydrogens is 729 g/mol. The quantitative estimate of drug-likeness (QED) is 0.126. The molecule has 4 aromatic carbocycles. The van der Waals surface area contributed by atoms with E-state index >= 15 is 0 Å². The van der Waals surface area contributed by atoms with Crippen molar-refractivity contribution in [3.05, 3.63) is 163 Å². The number of ketones is 1. The summed E-state index contributed by atoms with van der Waals surface area (Å²) in [5.74, 6) is -1.97. The van der Waals surface area contributed by atoms with Crippen LogP contribution >= 0.6 is 23.2 Å². The fourth-order valence-corrected chi connectivity index (χ4v) is 7.91. The van der Waals surface area contributed by atoms with E-state index in [-0.39, 0.29) is 34.0 Å². The first-order valence-corrected chi connectivity index (χ1v) is 20.4. The molecule has 0 radical (unpaired) electrons. The molecule has 2 atom stereocenters. The van der Waals surface area contributed by atoms with Crippen molar-refractivity contribution < 1.29 is 26.4 Å². The number of rotatable bonds is 11. The van der Waals surface area contributed by atoms with Crippen molar-refractivity contribution in [2.24, 2.45) is 0 Å². The van der Waals surface area contributed by atoms with E-state index < -0.39 is 43.0 Å². The highest BCUT2D eigenvalue weighted by molar-refractivity contribution is 7.91. The van der Waals surface area contributed by atoms with Crippen LogP contribution in [0.3, 0.4) is 0 Å². The molecule has 8 nitrogen and oxygen atoms in total. The van der Waals surface area contributed by atoms with Crippen molar-refractivity contribution in [3.8, 4) is 0 Å². The maximum atomic E-state index is 13.9. The molecule has 0 aliphatic heterocycles. The van der Waals surface area contributed by atoms with Crippen LogP contribution in [0.25, 0.3) is 0 Å². The summed E-state index contributed by atoms with van der Waals surface area (Å²) in [6.45, 7) is 3.72. The Labute approximate surface area is 307 Å². The molecule has 1 aromatic heterocycles. The van der Waals surface area contributed by atoms with Crippen LogP contribution in [0, 0.1) is 13.8 Å². The normalized spacial score (nSPS) is 13.1. The van der Waals surface area contributed by atoms with E-state index in [1.54, 1.807) is 54.6 Å². The van der Waals surface area contributed by atoms with E-state index in [1.165, 1.54) is 42.6 Å². The molecule has 0 fully saturated rings. The summed E-state index contributed by atoms with van der Waals surface area (Å²) in [4.78, 5) is 41.2. The lowest BCUT2D eigenvalue weighted by molar-refractivity contribution is 0.0892. The fourth-order valence-electron chi connectivity index (χ4n) is 6.19. The number of nitrogens with zero attached hydrogens (tertiary/aromatic N) is 1. The number of sulfone groups is 2. The van der Waals surface area contributed by atoms with E-state index in [9.17, 15) is 31.2 Å². The Kier molecular flexibility index (Phi) is 11.2. The predicted octanol–water partition coefficient (Wildman–Crippen LogP) is 7.85. The van der Waals surface area contributed by atoms with Gasteiger partial charge in [0.25, 0.3) is 5.56 Å². The van der Waals surface area contributed by atoms with Crippen LogP contribution in [0.15, 0.2) is 118 Å². The molecule has 51 heavy (non-hydrogen) atoms. The third kappa shape index (κ3) is 8.94. The molecule has 2 unspecified atom stereocenters. The van der Waals surface area contributed by atoms with Gasteiger partial charge in [-0.25, -0.2) is 16.8 Å². The van der Waals surface area contributed by atoms with Crippen LogP contribution < -0.4 is 5.56 Å². The van der Waals surface area contributed by atoms with Gasteiger partial charge in [-0.2, -0.15) is 0 Å². The van der Waals surface area contributed by atoms with Crippen LogP contribution in [0.5, 0.6) is 0 Å². The van der Waals surface area contributed by atoms with Crippen LogP contribution in [-0.4, -0.2) is 45.6 Å². The summed E-state index contributed by atoms with van der Waals surface area (Å²) in [6.07, 6.45) is 3.27. The Morgan fingerprint density at radius 3 is 1.47 bits per heavy atom. The van der Waals surface area contributed by atoms with E-state index in [1.807, 2.05) is 19.9 Å². The highest BCUT2D eigenvalue weighted by atomic mass is 35.5. The molecular formula is C39H35Cl2NO7S2. The summed E-state index contributed by atoms with van der Waals surface area (Å²) in [5.41, 5.74) is 4.10. The summed E-state index contributed by atoms with van der Waals surface area (Å²) >= 11 is 12.5. The Morgan fingerprint density at radius 2 is 1.06 bits per heavy atom. The first-order valence-electron chi connectivity index (χ1n) is 15.8. The Balaban J connectivity index is 1.49. The topological polar surface area (TPSA) is 124 Å². The van der Waals surface area contributed by atoms with Gasteiger partial charge in [0.15, 0.2) is 25.5 Å². The predicted molar refractivity (Wildman–Crippen MR) is 200 cm³/mol. The Hall–Kier alpha value is -4.35. The van der Waals surface area contributed by atoms with Gasteiger partial charge < -0.3 is 0 Å². The monoisotopic (exact) mass is 763 g/mol. The second kappa shape index (κ2) is 15.1. The van der Waals surface area contributed by atoms with Crippen LogP contribution in [0.1, 0.15) is 73.2 Å². The third-order valence-corrected chi connectivity index (χ3v) is 11.6. The van der Waals surface area contributed by atoms with Gasteiger partial charge in [0.2, 0.25) is 5.91 Å². The van der Waals surface area contributed by atoms with E-state index in [2.05, 4.69) is 0 Å². The third-order valence-electron chi connectivity index (χ3n) is 8.91. The molecule has 0 spiro atoms. The van der Waals surface area contributed by atoms with Crippen LogP contribution in [0.4, 0.5) is 0 Å². The van der Waals surface area contributed by atoms with Gasteiger partial charge in [-0.3, -0.25) is 19.0 Å². The van der Waals surface area contributed by atoms with Gasteiger partial charge in [0, 0.05) is 65.1 Å². The maximum absolute atomic E-state index is 13.9. The number of benzene rings is 4. The molecule has 0 saturated carbocycles. The second-order valence-electron chi connectivity index (χ2n) is 12.6. The number of carbonyl (C=O) groups excluding carboxylic acids is 2. The van der Waals surface area contributed by atoms with E-state index in [0.717, 1.165) is 39.3 Å². The molecule has 0 amide bonds. The highest BCUT2D eigenvalue weighted by Gasteiger charge is 2.25. The van der Waals surface area contributed by atoms with Crippen molar-refractivity contribution in [2.45, 2.75) is 48.3 Å². The molecule has 1 heterocycles. The number of halogens is 2. The van der Waals surface area contributed by atoms with Crippen LogP contribution in [0.2, 0.25) is 10.0 Å². The first kappa shape index (κ1) is 37.9. The van der Waals surface area contributed by atoms with Crippen LogP contribution in [-0.2, 0) is 19.7 Å². The molecule has 0 N–H and O–H groups in total. The molecule has 5 aromatic rings. The van der Waals surface area contributed by atoms with Crippen molar-refractivity contribution in [2.75, 3.05) is 12.5 Å². The SMILES string of the molecule is Cc1cc(Cl)ccc1C(CC(=O)c1ccc(=O)n(C(=O)CC(c2ccc(S(C)(=O)=O)cc2)c2ccc(Cl)cc2C)c1)c1ccc(S(C)(=O)=O)cc1. The number of pyridine rings is 1. The van der Waals surface area contributed by atoms with Crippen molar-refractivity contribution >= 4 is 54.6 Å². The Bertz CT molecular complexity index is 2420. The largest absolute Gasteiger partial charge is 0.294 e. The summed E-state index contributed by atoms with van der Waals surface area (Å²) in [6, 6.07) is 25.7. The van der Waals surface area contributed by atoms with E-state index in [4.69, 9.17) is 23.2 Å². The number of hydrogen-bond donors (Lipinski definition) is 0. The number of carbonyl (C=O) groups is 2. The maximum Gasteiger partial charge on any atom is 0.257 e. The summed E-state index contributed by atoms with van der Waals surface area (Å²) in [7, 11) is -6.90. The van der Waals surface area contributed by atoms with Crippen molar-refractivity contribution in [3.63, 3.8) is 0 Å². The molecule has 0 saturated heterocycles. The molecule has 12 heteroatoms. The highest BCUT2D eigenvalue weighted by Crippen LogP contribution is 2.35. The smallest absolute Gasteiger partial charge is 0.257 e. The summed E-state index contributed by atoms with van der Waals surface area (Å²) in [5, 5.41) is 1.03. The lowest BCUT2D eigenvalue weighted by Gasteiger charge is -2.21. The minimum Gasteiger partial charge on any atom is -0.294 e. The standard InChI is InChI=1S/C39H35Cl2NO7S2/c1-24-19-29(40)10-16-33(24)35(26-5-12-31(13-6-26)50(3,46)47)21-37(43)28-9-18-38(44)42(23-28)39(45)22-36(34-17-11-30(41)20-25(34)2)27-7-14-32(15-8-27)51(4,48)49/h5-20,23,35-36H,21-22H2,1-4H3. The average molecular weight is 765 g/mol. The van der Waals surface area contributed by atoms with Gasteiger partial charge in [-0.15, -0.1) is 0 Å². The number of Topliss-reactive ketones (excluding diaryl/α,β-unsaturated/α-hetero) is 1. The van der Waals surface area contributed by atoms with Gasteiger partial charge in [-0.05, 0) is 102 Å². The van der Waals surface area contributed by atoms with Crippen molar-refractivity contribution in [1.29, 1.82) is 0 Å². The first-order chi connectivity index (χ1) is 23.9. The van der Waals surface area contributed by atoms with Gasteiger partial charge in [0.1, 0.15) is 0 Å². The number of aromatic nitrogens is 1. The van der Waals surface area contributed by atoms with E-state index in [0.29, 0.717) is 21.2 Å². The number of hydrogen-bond acceptors (Lipinski definition) is 7. The minimum atomic E-state index is -3.46. The minimum absolute atomic E-state index is 0.0492. The van der Waals surface area contributed by atoms with Gasteiger partial charge in [0.05, 0.1) is 9.79 Å². The molecule has 264 valence electrons. The second-order valence-corrected chi connectivity index (χ2v) is 17.5. The molecule has 0 bridgehead atoms. The fraction of sp³-hybridized carbons (Fsp3) is 0.205. The molecule has 0 aliphatic rings. The molecule has 5 rings (SSSR count). The zero-order valence-corrected chi connectivity index (χ0v) is 31.4.